The van der Waals surface area contributed by atoms with Crippen LogP contribution < -0.4 is 10.1 Å². The Hall–Kier alpha value is -1.06. The predicted molar refractivity (Wildman–Crippen MR) is 79.7 cm³/mol. The minimum absolute atomic E-state index is 0.737. The topological polar surface area (TPSA) is 24.5 Å². The van der Waals surface area contributed by atoms with Crippen LogP contribution in [0, 0.1) is 0 Å². The molecule has 1 fully saturated rings. The second kappa shape index (κ2) is 8.18. The molecule has 0 saturated carbocycles. The largest absolute Gasteiger partial charge is 0.492 e. The van der Waals surface area contributed by atoms with E-state index in [1.165, 1.54) is 25.8 Å². The molecule has 1 aliphatic rings. The molecule has 3 heteroatoms. The zero-order chi connectivity index (χ0) is 13.3. The molecule has 19 heavy (non-hydrogen) atoms. The van der Waals surface area contributed by atoms with Crippen molar-refractivity contribution in [2.24, 2.45) is 0 Å². The minimum Gasteiger partial charge on any atom is -0.492 e. The van der Waals surface area contributed by atoms with Crippen LogP contribution in [-0.2, 0) is 0 Å². The van der Waals surface area contributed by atoms with Crippen LogP contribution in [0.25, 0.3) is 0 Å². The number of nitrogens with one attached hydrogen (secondary N) is 1. The van der Waals surface area contributed by atoms with Gasteiger partial charge in [0, 0.05) is 12.6 Å². The highest BCUT2D eigenvalue weighted by atomic mass is 16.5. The van der Waals surface area contributed by atoms with Gasteiger partial charge >= 0.3 is 0 Å². The Morgan fingerprint density at radius 2 is 1.89 bits per heavy atom. The third-order valence-electron chi connectivity index (χ3n) is 3.73. The molecule has 0 amide bonds. The quantitative estimate of drug-likeness (QED) is 0.817. The summed E-state index contributed by atoms with van der Waals surface area (Å²) < 4.78 is 5.82. The number of rotatable bonds is 7. The van der Waals surface area contributed by atoms with Crippen molar-refractivity contribution in [3.05, 3.63) is 30.3 Å². The second-order valence-electron chi connectivity index (χ2n) is 5.18. The SMILES string of the molecule is CCCN(CCOc1ccccc1)C1CCNCC1. The summed E-state index contributed by atoms with van der Waals surface area (Å²) in [6.45, 7) is 7.57. The van der Waals surface area contributed by atoms with Gasteiger partial charge in [-0.15, -0.1) is 0 Å². The highest BCUT2D eigenvalue weighted by Gasteiger charge is 2.19. The lowest BCUT2D eigenvalue weighted by atomic mass is 10.0. The molecule has 0 unspecified atom stereocenters. The fraction of sp³-hybridized carbons (Fsp3) is 0.625. The van der Waals surface area contributed by atoms with E-state index in [2.05, 4.69) is 17.1 Å². The van der Waals surface area contributed by atoms with Gasteiger partial charge in [0.1, 0.15) is 12.4 Å². The Labute approximate surface area is 116 Å². The molecular formula is C16H26N2O. The molecule has 106 valence electrons. The van der Waals surface area contributed by atoms with E-state index in [9.17, 15) is 0 Å². The molecule has 1 heterocycles. The van der Waals surface area contributed by atoms with Crippen LogP contribution in [0.2, 0.25) is 0 Å². The van der Waals surface area contributed by atoms with E-state index >= 15 is 0 Å². The lowest BCUT2D eigenvalue weighted by Gasteiger charge is -2.34. The Balaban J connectivity index is 1.76. The predicted octanol–water partition coefficient (Wildman–Crippen LogP) is 2.53. The van der Waals surface area contributed by atoms with Gasteiger partial charge in [-0.3, -0.25) is 4.90 Å². The van der Waals surface area contributed by atoms with Gasteiger partial charge < -0.3 is 10.1 Å². The van der Waals surface area contributed by atoms with Crippen LogP contribution >= 0.6 is 0 Å². The van der Waals surface area contributed by atoms with Crippen molar-refractivity contribution < 1.29 is 4.74 Å². The van der Waals surface area contributed by atoms with Crippen LogP contribution in [-0.4, -0.2) is 43.7 Å². The first-order valence-corrected chi connectivity index (χ1v) is 7.52. The fourth-order valence-electron chi connectivity index (χ4n) is 2.73. The number of ether oxygens (including phenoxy) is 1. The highest BCUT2D eigenvalue weighted by molar-refractivity contribution is 5.20. The van der Waals surface area contributed by atoms with Gasteiger partial charge in [0.05, 0.1) is 0 Å². The molecule has 0 aliphatic carbocycles. The maximum atomic E-state index is 5.82. The number of hydrogen-bond acceptors (Lipinski definition) is 3. The average molecular weight is 262 g/mol. The van der Waals surface area contributed by atoms with E-state index < -0.39 is 0 Å². The molecule has 0 bridgehead atoms. The zero-order valence-corrected chi connectivity index (χ0v) is 12.0. The van der Waals surface area contributed by atoms with E-state index in [0.29, 0.717) is 0 Å². The van der Waals surface area contributed by atoms with Crippen molar-refractivity contribution in [2.75, 3.05) is 32.8 Å². The first kappa shape index (κ1) is 14.4. The van der Waals surface area contributed by atoms with Crippen molar-refractivity contribution in [3.8, 4) is 5.75 Å². The average Bonchev–Trinajstić information content (AvgIpc) is 2.48. The van der Waals surface area contributed by atoms with E-state index in [1.807, 2.05) is 30.3 Å². The molecule has 3 nitrogen and oxygen atoms in total. The van der Waals surface area contributed by atoms with Gasteiger partial charge in [-0.05, 0) is 51.0 Å². The Morgan fingerprint density at radius 1 is 1.16 bits per heavy atom. The minimum atomic E-state index is 0.737. The molecule has 1 N–H and O–H groups in total. The Kier molecular flexibility index (Phi) is 6.18. The second-order valence-corrected chi connectivity index (χ2v) is 5.18. The number of hydrogen-bond donors (Lipinski definition) is 1. The summed E-state index contributed by atoms with van der Waals surface area (Å²) in [5.74, 6) is 0.976. The van der Waals surface area contributed by atoms with E-state index in [0.717, 1.165) is 38.0 Å². The maximum Gasteiger partial charge on any atom is 0.119 e. The highest BCUT2D eigenvalue weighted by Crippen LogP contribution is 2.13. The van der Waals surface area contributed by atoms with Crippen LogP contribution in [0.3, 0.4) is 0 Å². The molecule has 0 spiro atoms. The van der Waals surface area contributed by atoms with Crippen LogP contribution in [0.5, 0.6) is 5.75 Å². The molecule has 1 aromatic rings. The Morgan fingerprint density at radius 3 is 2.58 bits per heavy atom. The normalized spacial score (nSPS) is 16.7. The third kappa shape index (κ3) is 4.84. The smallest absolute Gasteiger partial charge is 0.119 e. The van der Waals surface area contributed by atoms with Crippen molar-refractivity contribution in [3.63, 3.8) is 0 Å². The van der Waals surface area contributed by atoms with Gasteiger partial charge in [-0.1, -0.05) is 25.1 Å². The Bertz CT molecular complexity index is 336. The summed E-state index contributed by atoms with van der Waals surface area (Å²) in [6, 6.07) is 10.8. The van der Waals surface area contributed by atoms with E-state index in [4.69, 9.17) is 4.74 Å². The lowest BCUT2D eigenvalue weighted by molar-refractivity contribution is 0.135. The van der Waals surface area contributed by atoms with Gasteiger partial charge in [0.15, 0.2) is 0 Å². The number of piperidine rings is 1. The van der Waals surface area contributed by atoms with E-state index in [1.54, 1.807) is 0 Å². The van der Waals surface area contributed by atoms with Crippen LogP contribution in [0.15, 0.2) is 30.3 Å². The van der Waals surface area contributed by atoms with Gasteiger partial charge in [0.25, 0.3) is 0 Å². The molecule has 0 atom stereocenters. The van der Waals surface area contributed by atoms with Crippen LogP contribution in [0.1, 0.15) is 26.2 Å². The monoisotopic (exact) mass is 262 g/mol. The van der Waals surface area contributed by atoms with Crippen molar-refractivity contribution in [1.82, 2.24) is 10.2 Å². The number of benzene rings is 1. The molecule has 1 saturated heterocycles. The van der Waals surface area contributed by atoms with Crippen molar-refractivity contribution in [2.45, 2.75) is 32.2 Å². The summed E-state index contributed by atoms with van der Waals surface area (Å²) >= 11 is 0. The summed E-state index contributed by atoms with van der Waals surface area (Å²) in [6.07, 6.45) is 3.76. The van der Waals surface area contributed by atoms with Crippen molar-refractivity contribution in [1.29, 1.82) is 0 Å². The van der Waals surface area contributed by atoms with Crippen LogP contribution in [0.4, 0.5) is 0 Å². The number of para-hydroxylation sites is 1. The summed E-state index contributed by atoms with van der Waals surface area (Å²) in [5.41, 5.74) is 0. The molecular weight excluding hydrogens is 236 g/mol. The first-order chi connectivity index (χ1) is 9.40. The molecule has 1 aliphatic heterocycles. The molecule has 1 aromatic carbocycles. The number of nitrogens with zero attached hydrogens (tertiary/aromatic N) is 1. The summed E-state index contributed by atoms with van der Waals surface area (Å²) in [5, 5.41) is 3.44. The molecule has 2 rings (SSSR count). The maximum absolute atomic E-state index is 5.82. The van der Waals surface area contributed by atoms with E-state index in [-0.39, 0.29) is 0 Å². The van der Waals surface area contributed by atoms with Gasteiger partial charge in [-0.2, -0.15) is 0 Å². The summed E-state index contributed by atoms with van der Waals surface area (Å²) in [7, 11) is 0. The standard InChI is InChI=1S/C16H26N2O/c1-2-12-18(15-8-10-17-11-9-15)13-14-19-16-6-4-3-5-7-16/h3-7,15,17H,2,8-14H2,1H3. The van der Waals surface area contributed by atoms with Gasteiger partial charge in [-0.25, -0.2) is 0 Å². The molecule has 0 radical (unpaired) electrons. The first-order valence-electron chi connectivity index (χ1n) is 7.52. The fourth-order valence-corrected chi connectivity index (χ4v) is 2.73. The van der Waals surface area contributed by atoms with Crippen molar-refractivity contribution >= 4 is 0 Å². The summed E-state index contributed by atoms with van der Waals surface area (Å²) in [4.78, 5) is 2.60. The zero-order valence-electron chi connectivity index (χ0n) is 12.0. The lowest BCUT2D eigenvalue weighted by Crippen LogP contribution is -2.45. The molecule has 0 aromatic heterocycles. The van der Waals surface area contributed by atoms with Gasteiger partial charge in [0.2, 0.25) is 0 Å². The third-order valence-corrected chi connectivity index (χ3v) is 3.73.